The van der Waals surface area contributed by atoms with E-state index in [4.69, 9.17) is 5.11 Å². The average Bonchev–Trinajstić information content (AvgIpc) is 2.75. The van der Waals surface area contributed by atoms with Crippen LogP contribution < -0.4 is 0 Å². The van der Waals surface area contributed by atoms with Gasteiger partial charge in [0.25, 0.3) is 5.91 Å². The van der Waals surface area contributed by atoms with Crippen molar-refractivity contribution in [1.29, 1.82) is 0 Å². The van der Waals surface area contributed by atoms with E-state index in [9.17, 15) is 4.79 Å². The number of rotatable bonds is 2. The van der Waals surface area contributed by atoms with Crippen LogP contribution in [0.15, 0.2) is 18.2 Å². The van der Waals surface area contributed by atoms with Gasteiger partial charge in [0.15, 0.2) is 0 Å². The summed E-state index contributed by atoms with van der Waals surface area (Å²) in [5, 5.41) is 9.09. The molecule has 1 aromatic rings. The lowest BCUT2D eigenvalue weighted by atomic mass is 10.1. The highest BCUT2D eigenvalue weighted by atomic mass is 16.3. The second kappa shape index (κ2) is 4.88. The first-order chi connectivity index (χ1) is 8.10. The quantitative estimate of drug-likeness (QED) is 0.845. The topological polar surface area (TPSA) is 40.5 Å². The Labute approximate surface area is 102 Å². The van der Waals surface area contributed by atoms with Gasteiger partial charge in [-0.25, -0.2) is 0 Å². The van der Waals surface area contributed by atoms with Crippen LogP contribution in [0.3, 0.4) is 0 Å². The molecule has 1 amide bonds. The van der Waals surface area contributed by atoms with E-state index < -0.39 is 0 Å². The molecular weight excluding hydrogens is 214 g/mol. The van der Waals surface area contributed by atoms with E-state index in [2.05, 4.69) is 6.07 Å². The lowest BCUT2D eigenvalue weighted by Gasteiger charge is -2.16. The van der Waals surface area contributed by atoms with Crippen LogP contribution in [0.2, 0.25) is 0 Å². The number of carbonyl (C=O) groups excluding carboxylic acids is 1. The molecular formula is C14H19NO2. The SMILES string of the molecule is Cc1cc(C)cc(C(=O)N2CCC(CO)C2)c1. The first kappa shape index (κ1) is 12.1. The minimum Gasteiger partial charge on any atom is -0.396 e. The van der Waals surface area contributed by atoms with Crippen LogP contribution >= 0.6 is 0 Å². The van der Waals surface area contributed by atoms with Crippen molar-refractivity contribution < 1.29 is 9.90 Å². The summed E-state index contributed by atoms with van der Waals surface area (Å²) in [6, 6.07) is 5.93. The van der Waals surface area contributed by atoms with Gasteiger partial charge in [-0.05, 0) is 32.4 Å². The number of amides is 1. The minimum absolute atomic E-state index is 0.0905. The summed E-state index contributed by atoms with van der Waals surface area (Å²) in [6.07, 6.45) is 0.910. The second-order valence-electron chi connectivity index (χ2n) is 4.96. The predicted molar refractivity (Wildman–Crippen MR) is 67.0 cm³/mol. The van der Waals surface area contributed by atoms with Crippen LogP contribution in [-0.4, -0.2) is 35.6 Å². The van der Waals surface area contributed by atoms with E-state index in [1.807, 2.05) is 30.9 Å². The maximum Gasteiger partial charge on any atom is 0.253 e. The highest BCUT2D eigenvalue weighted by Gasteiger charge is 2.26. The molecule has 1 aliphatic heterocycles. The van der Waals surface area contributed by atoms with Crippen LogP contribution in [0.5, 0.6) is 0 Å². The van der Waals surface area contributed by atoms with Gasteiger partial charge >= 0.3 is 0 Å². The Balaban J connectivity index is 2.14. The zero-order chi connectivity index (χ0) is 12.4. The lowest BCUT2D eigenvalue weighted by molar-refractivity contribution is 0.0781. The van der Waals surface area contributed by atoms with E-state index >= 15 is 0 Å². The van der Waals surface area contributed by atoms with Gasteiger partial charge in [0.05, 0.1) is 0 Å². The third kappa shape index (κ3) is 2.67. The third-order valence-corrected chi connectivity index (χ3v) is 3.30. The number of hydrogen-bond acceptors (Lipinski definition) is 2. The molecule has 1 heterocycles. The molecule has 17 heavy (non-hydrogen) atoms. The Morgan fingerprint density at radius 3 is 2.53 bits per heavy atom. The van der Waals surface area contributed by atoms with Gasteiger partial charge in [0, 0.05) is 31.2 Å². The van der Waals surface area contributed by atoms with Crippen molar-refractivity contribution in [3.8, 4) is 0 Å². The molecule has 1 aromatic carbocycles. The largest absolute Gasteiger partial charge is 0.396 e. The van der Waals surface area contributed by atoms with E-state index in [0.717, 1.165) is 29.7 Å². The number of carbonyl (C=O) groups is 1. The van der Waals surface area contributed by atoms with Crippen LogP contribution in [0.25, 0.3) is 0 Å². The summed E-state index contributed by atoms with van der Waals surface area (Å²) >= 11 is 0. The smallest absolute Gasteiger partial charge is 0.253 e. The highest BCUT2D eigenvalue weighted by Crippen LogP contribution is 2.19. The van der Waals surface area contributed by atoms with E-state index in [1.54, 1.807) is 0 Å². The average molecular weight is 233 g/mol. The van der Waals surface area contributed by atoms with Crippen molar-refractivity contribution in [3.05, 3.63) is 34.9 Å². The van der Waals surface area contributed by atoms with E-state index in [1.165, 1.54) is 0 Å². The maximum absolute atomic E-state index is 12.3. The lowest BCUT2D eigenvalue weighted by Crippen LogP contribution is -2.29. The Bertz CT molecular complexity index is 408. The highest BCUT2D eigenvalue weighted by molar-refractivity contribution is 5.94. The Hall–Kier alpha value is -1.35. The molecule has 3 nitrogen and oxygen atoms in total. The van der Waals surface area contributed by atoms with Crippen LogP contribution in [0, 0.1) is 19.8 Å². The van der Waals surface area contributed by atoms with Crippen molar-refractivity contribution in [2.45, 2.75) is 20.3 Å². The van der Waals surface area contributed by atoms with Gasteiger partial charge in [-0.2, -0.15) is 0 Å². The molecule has 1 saturated heterocycles. The molecule has 0 aliphatic carbocycles. The molecule has 1 atom stereocenters. The van der Waals surface area contributed by atoms with Gasteiger partial charge in [-0.15, -0.1) is 0 Å². The number of nitrogens with zero attached hydrogens (tertiary/aromatic N) is 1. The maximum atomic E-state index is 12.3. The van der Waals surface area contributed by atoms with Gasteiger partial charge < -0.3 is 10.0 Å². The van der Waals surface area contributed by atoms with Crippen LogP contribution in [0.4, 0.5) is 0 Å². The molecule has 1 N–H and O–H groups in total. The number of aliphatic hydroxyl groups excluding tert-OH is 1. The molecule has 0 spiro atoms. The summed E-state index contributed by atoms with van der Waals surface area (Å²) in [6.45, 7) is 5.63. The third-order valence-electron chi connectivity index (χ3n) is 3.30. The summed E-state index contributed by atoms with van der Waals surface area (Å²) in [7, 11) is 0. The first-order valence-electron chi connectivity index (χ1n) is 6.08. The number of benzene rings is 1. The molecule has 3 heteroatoms. The minimum atomic E-state index is 0.0905. The zero-order valence-electron chi connectivity index (χ0n) is 10.4. The molecule has 2 rings (SSSR count). The Kier molecular flexibility index (Phi) is 3.48. The molecule has 0 saturated carbocycles. The van der Waals surface area contributed by atoms with Crippen molar-refractivity contribution in [2.24, 2.45) is 5.92 Å². The monoisotopic (exact) mass is 233 g/mol. The molecule has 1 aliphatic rings. The molecule has 0 radical (unpaired) electrons. The summed E-state index contributed by atoms with van der Waals surface area (Å²) < 4.78 is 0. The van der Waals surface area contributed by atoms with Gasteiger partial charge in [0.1, 0.15) is 0 Å². The van der Waals surface area contributed by atoms with Crippen molar-refractivity contribution in [3.63, 3.8) is 0 Å². The van der Waals surface area contributed by atoms with E-state index in [0.29, 0.717) is 6.54 Å². The fourth-order valence-corrected chi connectivity index (χ4v) is 2.45. The van der Waals surface area contributed by atoms with Gasteiger partial charge in [0.2, 0.25) is 0 Å². The number of likely N-dealkylation sites (tertiary alicyclic amines) is 1. The molecule has 0 bridgehead atoms. The standard InChI is InChI=1S/C14H19NO2/c1-10-5-11(2)7-13(6-10)14(17)15-4-3-12(8-15)9-16/h5-7,12,16H,3-4,8-9H2,1-2H3. The Morgan fingerprint density at radius 1 is 1.35 bits per heavy atom. The zero-order valence-corrected chi connectivity index (χ0v) is 10.4. The summed E-state index contributed by atoms with van der Waals surface area (Å²) in [5.41, 5.74) is 3.00. The molecule has 1 fully saturated rings. The number of aryl methyl sites for hydroxylation is 2. The van der Waals surface area contributed by atoms with Crippen LogP contribution in [0.1, 0.15) is 27.9 Å². The van der Waals surface area contributed by atoms with Gasteiger partial charge in [-0.3, -0.25) is 4.79 Å². The number of hydrogen-bond donors (Lipinski definition) is 1. The fraction of sp³-hybridized carbons (Fsp3) is 0.500. The molecule has 1 unspecified atom stereocenters. The van der Waals surface area contributed by atoms with Crippen molar-refractivity contribution in [1.82, 2.24) is 4.90 Å². The predicted octanol–water partition coefficient (Wildman–Crippen LogP) is 1.76. The normalized spacial score (nSPS) is 19.7. The fourth-order valence-electron chi connectivity index (χ4n) is 2.45. The van der Waals surface area contributed by atoms with E-state index in [-0.39, 0.29) is 18.4 Å². The molecule has 92 valence electrons. The van der Waals surface area contributed by atoms with Crippen molar-refractivity contribution in [2.75, 3.05) is 19.7 Å². The van der Waals surface area contributed by atoms with Crippen LogP contribution in [-0.2, 0) is 0 Å². The number of aliphatic hydroxyl groups is 1. The van der Waals surface area contributed by atoms with Gasteiger partial charge in [-0.1, -0.05) is 17.2 Å². The first-order valence-corrected chi connectivity index (χ1v) is 6.08. The summed E-state index contributed by atoms with van der Waals surface area (Å²) in [5.74, 6) is 0.345. The second-order valence-corrected chi connectivity index (χ2v) is 4.96. The summed E-state index contributed by atoms with van der Waals surface area (Å²) in [4.78, 5) is 14.1. The molecule has 0 aromatic heterocycles. The van der Waals surface area contributed by atoms with Crippen molar-refractivity contribution >= 4 is 5.91 Å². The Morgan fingerprint density at radius 2 is 2.00 bits per heavy atom.